The Labute approximate surface area is 112 Å². The van der Waals surface area contributed by atoms with E-state index in [0.717, 1.165) is 11.3 Å². The highest BCUT2D eigenvalue weighted by Crippen LogP contribution is 2.29. The Bertz CT molecular complexity index is 547. The molecular formula is C14H17N3O2. The van der Waals surface area contributed by atoms with E-state index in [1.807, 2.05) is 32.0 Å². The zero-order valence-electron chi connectivity index (χ0n) is 11.4. The number of rotatable bonds is 2. The molecule has 0 atom stereocenters. The Morgan fingerprint density at radius 1 is 1.32 bits per heavy atom. The second-order valence-corrected chi connectivity index (χ2v) is 4.60. The Morgan fingerprint density at radius 2 is 2.00 bits per heavy atom. The van der Waals surface area contributed by atoms with Crippen LogP contribution in [0.5, 0.6) is 0 Å². The van der Waals surface area contributed by atoms with Gasteiger partial charge in [-0.2, -0.15) is 5.10 Å². The van der Waals surface area contributed by atoms with Crippen LogP contribution in [0, 0.1) is 0 Å². The normalized spacial score (nSPS) is 14.2. The number of amides is 3. The lowest BCUT2D eigenvalue weighted by atomic mass is 10.1. The molecule has 0 saturated carbocycles. The van der Waals surface area contributed by atoms with E-state index in [1.54, 1.807) is 13.0 Å². The van der Waals surface area contributed by atoms with Gasteiger partial charge in [-0.05, 0) is 25.5 Å². The van der Waals surface area contributed by atoms with Crippen LogP contribution in [0.4, 0.5) is 10.5 Å². The summed E-state index contributed by atoms with van der Waals surface area (Å²) in [6.07, 6.45) is 0.280. The van der Waals surface area contributed by atoms with E-state index in [2.05, 4.69) is 5.10 Å². The monoisotopic (exact) mass is 259 g/mol. The van der Waals surface area contributed by atoms with Crippen molar-refractivity contribution in [3.63, 3.8) is 0 Å². The van der Waals surface area contributed by atoms with Gasteiger partial charge in [0.1, 0.15) is 0 Å². The zero-order valence-corrected chi connectivity index (χ0v) is 11.4. The summed E-state index contributed by atoms with van der Waals surface area (Å²) in [5.41, 5.74) is 2.37. The Kier molecular flexibility index (Phi) is 3.64. The van der Waals surface area contributed by atoms with Gasteiger partial charge in [0, 0.05) is 12.1 Å². The molecule has 1 aliphatic heterocycles. The Morgan fingerprint density at radius 3 is 2.63 bits per heavy atom. The third kappa shape index (κ3) is 2.50. The summed E-state index contributed by atoms with van der Waals surface area (Å²) in [5.74, 6) is -0.217. The number of hydrogen-bond acceptors (Lipinski definition) is 3. The molecule has 1 aliphatic rings. The van der Waals surface area contributed by atoms with Crippen molar-refractivity contribution >= 4 is 23.3 Å². The van der Waals surface area contributed by atoms with Crippen molar-refractivity contribution in [2.24, 2.45) is 5.10 Å². The highest BCUT2D eigenvalue weighted by molar-refractivity contribution is 6.15. The Hall–Kier alpha value is -2.17. The van der Waals surface area contributed by atoms with Crippen LogP contribution in [0.25, 0.3) is 0 Å². The molecule has 0 fully saturated rings. The number of urea groups is 1. The molecule has 5 nitrogen and oxygen atoms in total. The first kappa shape index (κ1) is 13.3. The van der Waals surface area contributed by atoms with Crippen molar-refractivity contribution in [1.82, 2.24) is 5.01 Å². The van der Waals surface area contributed by atoms with Crippen molar-refractivity contribution in [2.45, 2.75) is 33.7 Å². The molecule has 0 radical (unpaired) electrons. The van der Waals surface area contributed by atoms with E-state index < -0.39 is 0 Å². The Balaban J connectivity index is 2.49. The lowest BCUT2D eigenvalue weighted by Gasteiger charge is -2.33. The van der Waals surface area contributed by atoms with Crippen molar-refractivity contribution in [1.29, 1.82) is 0 Å². The number of anilines is 1. The summed E-state index contributed by atoms with van der Waals surface area (Å²) in [6.45, 7) is 5.78. The van der Waals surface area contributed by atoms with E-state index in [-0.39, 0.29) is 18.4 Å². The highest BCUT2D eigenvalue weighted by atomic mass is 16.2. The van der Waals surface area contributed by atoms with Crippen molar-refractivity contribution in [3.8, 4) is 0 Å². The van der Waals surface area contributed by atoms with E-state index in [1.165, 1.54) is 9.91 Å². The van der Waals surface area contributed by atoms with Gasteiger partial charge in [0.2, 0.25) is 5.91 Å². The lowest BCUT2D eigenvalue weighted by molar-refractivity contribution is -0.117. The number of fused-ring (bicyclic) bond motifs is 1. The molecule has 0 spiro atoms. The van der Waals surface area contributed by atoms with Crippen LogP contribution in [-0.4, -0.2) is 22.7 Å². The van der Waals surface area contributed by atoms with Gasteiger partial charge in [-0.3, -0.25) is 4.79 Å². The number of para-hydroxylation sites is 1. The fraction of sp³-hybridized carbons (Fsp3) is 0.357. The molecule has 0 unspecified atom stereocenters. The van der Waals surface area contributed by atoms with E-state index in [0.29, 0.717) is 12.2 Å². The number of nitrogens with zero attached hydrogens (tertiary/aromatic N) is 3. The van der Waals surface area contributed by atoms with Crippen LogP contribution in [0.3, 0.4) is 0 Å². The van der Waals surface area contributed by atoms with Crippen molar-refractivity contribution < 1.29 is 9.59 Å². The number of hydrazone groups is 1. The maximum absolute atomic E-state index is 12.3. The van der Waals surface area contributed by atoms with Gasteiger partial charge in [0.15, 0.2) is 0 Å². The van der Waals surface area contributed by atoms with Gasteiger partial charge in [-0.25, -0.2) is 14.7 Å². The second kappa shape index (κ2) is 5.22. The molecular weight excluding hydrogens is 242 g/mol. The number of carbonyl (C=O) groups is 2. The highest BCUT2D eigenvalue weighted by Gasteiger charge is 2.33. The minimum absolute atomic E-state index is 0.217. The second-order valence-electron chi connectivity index (χ2n) is 4.60. The average Bonchev–Trinajstić information content (AvgIpc) is 2.38. The SMILES string of the molecule is CCC(=O)N1C(=O)N(N=C(C)C)Cc2ccccc21. The number of imide groups is 1. The molecule has 1 heterocycles. The predicted molar refractivity (Wildman–Crippen MR) is 73.9 cm³/mol. The van der Waals surface area contributed by atoms with Crippen molar-refractivity contribution in [2.75, 3.05) is 4.90 Å². The number of carbonyl (C=O) groups excluding carboxylic acids is 2. The smallest absolute Gasteiger partial charge is 0.274 e. The van der Waals surface area contributed by atoms with Crippen LogP contribution >= 0.6 is 0 Å². The molecule has 0 aromatic heterocycles. The maximum atomic E-state index is 12.3. The van der Waals surface area contributed by atoms with Crippen molar-refractivity contribution in [3.05, 3.63) is 29.8 Å². The summed E-state index contributed by atoms with van der Waals surface area (Å²) in [7, 11) is 0. The van der Waals surface area contributed by atoms with Crippen LogP contribution in [0.15, 0.2) is 29.4 Å². The summed E-state index contributed by atoms with van der Waals surface area (Å²) in [4.78, 5) is 25.6. The molecule has 2 rings (SSSR count). The molecule has 0 bridgehead atoms. The third-order valence-electron chi connectivity index (χ3n) is 2.84. The first-order valence-electron chi connectivity index (χ1n) is 6.28. The van der Waals surface area contributed by atoms with Gasteiger partial charge < -0.3 is 0 Å². The summed E-state index contributed by atoms with van der Waals surface area (Å²) in [5, 5.41) is 5.53. The molecule has 1 aromatic rings. The fourth-order valence-electron chi connectivity index (χ4n) is 2.03. The van der Waals surface area contributed by atoms with Crippen LogP contribution in [-0.2, 0) is 11.3 Å². The predicted octanol–water partition coefficient (Wildman–Crippen LogP) is 2.76. The zero-order chi connectivity index (χ0) is 14.0. The van der Waals surface area contributed by atoms with Gasteiger partial charge in [-0.1, -0.05) is 25.1 Å². The molecule has 0 N–H and O–H groups in total. The minimum atomic E-state index is -0.383. The number of benzene rings is 1. The third-order valence-corrected chi connectivity index (χ3v) is 2.84. The maximum Gasteiger partial charge on any atom is 0.352 e. The number of hydrogen-bond donors (Lipinski definition) is 0. The van der Waals surface area contributed by atoms with E-state index in [4.69, 9.17) is 0 Å². The fourth-order valence-corrected chi connectivity index (χ4v) is 2.03. The summed E-state index contributed by atoms with van der Waals surface area (Å²) < 4.78 is 0. The molecule has 0 saturated heterocycles. The summed E-state index contributed by atoms with van der Waals surface area (Å²) >= 11 is 0. The van der Waals surface area contributed by atoms with E-state index >= 15 is 0 Å². The van der Waals surface area contributed by atoms with Gasteiger partial charge in [0.25, 0.3) is 0 Å². The van der Waals surface area contributed by atoms with Gasteiger partial charge >= 0.3 is 6.03 Å². The standard InChI is InChI=1S/C14H17N3O2/c1-4-13(18)17-12-8-6-5-7-11(12)9-16(14(17)19)15-10(2)3/h5-8H,4,9H2,1-3H3. The molecule has 19 heavy (non-hydrogen) atoms. The lowest BCUT2D eigenvalue weighted by Crippen LogP contribution is -2.48. The molecule has 3 amide bonds. The van der Waals surface area contributed by atoms with Crippen LogP contribution in [0.1, 0.15) is 32.8 Å². The molecule has 0 aliphatic carbocycles. The average molecular weight is 259 g/mol. The van der Waals surface area contributed by atoms with Gasteiger partial charge in [0.05, 0.1) is 12.2 Å². The summed E-state index contributed by atoms with van der Waals surface area (Å²) in [6, 6.07) is 7.04. The molecule has 100 valence electrons. The van der Waals surface area contributed by atoms with Crippen LogP contribution < -0.4 is 4.90 Å². The van der Waals surface area contributed by atoms with Crippen LogP contribution in [0.2, 0.25) is 0 Å². The minimum Gasteiger partial charge on any atom is -0.274 e. The molecule has 5 heteroatoms. The van der Waals surface area contributed by atoms with Gasteiger partial charge in [-0.15, -0.1) is 0 Å². The van der Waals surface area contributed by atoms with E-state index in [9.17, 15) is 9.59 Å². The quantitative estimate of drug-likeness (QED) is 0.767. The largest absolute Gasteiger partial charge is 0.352 e. The molecule has 1 aromatic carbocycles. The first-order valence-corrected chi connectivity index (χ1v) is 6.28. The first-order chi connectivity index (χ1) is 9.04. The topological polar surface area (TPSA) is 53.0 Å².